The van der Waals surface area contributed by atoms with Gasteiger partial charge in [-0.25, -0.2) is 4.39 Å². The second-order valence-electron chi connectivity index (χ2n) is 4.27. The Morgan fingerprint density at radius 1 is 1.21 bits per heavy atom. The number of halogens is 2. The van der Waals surface area contributed by atoms with Crippen molar-refractivity contribution >= 4 is 21.8 Å². The van der Waals surface area contributed by atoms with Crippen molar-refractivity contribution in [1.29, 1.82) is 0 Å². The Bertz CT molecular complexity index is 586. The first-order valence-corrected chi connectivity index (χ1v) is 6.61. The third-order valence-corrected chi connectivity index (χ3v) is 3.46. The van der Waals surface area contributed by atoms with Crippen LogP contribution in [0.15, 0.2) is 53.0 Å². The number of hydrogen-bond acceptors (Lipinski definition) is 1. The van der Waals surface area contributed by atoms with E-state index in [0.29, 0.717) is 16.6 Å². The van der Waals surface area contributed by atoms with Crippen molar-refractivity contribution in [2.24, 2.45) is 0 Å². The SMILES string of the molecule is CN(Cc1ccccc1)C(=O)c1cc(F)ccc1Br. The zero-order valence-electron chi connectivity index (χ0n) is 10.4. The van der Waals surface area contributed by atoms with Crippen LogP contribution in [0, 0.1) is 5.82 Å². The zero-order valence-corrected chi connectivity index (χ0v) is 12.0. The molecule has 2 rings (SSSR count). The van der Waals surface area contributed by atoms with Crippen LogP contribution in [0.4, 0.5) is 4.39 Å². The van der Waals surface area contributed by atoms with Crippen molar-refractivity contribution in [3.63, 3.8) is 0 Å². The number of hydrogen-bond donors (Lipinski definition) is 0. The number of nitrogens with zero attached hydrogens (tertiary/aromatic N) is 1. The fourth-order valence-electron chi connectivity index (χ4n) is 1.80. The van der Waals surface area contributed by atoms with Gasteiger partial charge in [0.25, 0.3) is 5.91 Å². The van der Waals surface area contributed by atoms with Gasteiger partial charge in [0.2, 0.25) is 0 Å². The van der Waals surface area contributed by atoms with Crippen LogP contribution in [-0.4, -0.2) is 17.9 Å². The molecule has 0 bridgehead atoms. The largest absolute Gasteiger partial charge is 0.337 e. The van der Waals surface area contributed by atoms with E-state index in [0.717, 1.165) is 5.56 Å². The van der Waals surface area contributed by atoms with E-state index >= 15 is 0 Å². The normalized spacial score (nSPS) is 10.3. The second kappa shape index (κ2) is 5.97. The van der Waals surface area contributed by atoms with Crippen LogP contribution in [0.1, 0.15) is 15.9 Å². The maximum atomic E-state index is 13.2. The summed E-state index contributed by atoms with van der Waals surface area (Å²) in [6.07, 6.45) is 0. The second-order valence-corrected chi connectivity index (χ2v) is 5.13. The van der Waals surface area contributed by atoms with Gasteiger partial charge >= 0.3 is 0 Å². The summed E-state index contributed by atoms with van der Waals surface area (Å²) in [5.41, 5.74) is 1.37. The maximum absolute atomic E-state index is 13.2. The topological polar surface area (TPSA) is 20.3 Å². The molecule has 19 heavy (non-hydrogen) atoms. The molecule has 4 heteroatoms. The van der Waals surface area contributed by atoms with Gasteiger partial charge in [-0.2, -0.15) is 0 Å². The van der Waals surface area contributed by atoms with E-state index in [9.17, 15) is 9.18 Å². The number of carbonyl (C=O) groups is 1. The summed E-state index contributed by atoms with van der Waals surface area (Å²) in [6, 6.07) is 13.8. The lowest BCUT2D eigenvalue weighted by molar-refractivity contribution is 0.0783. The first-order valence-electron chi connectivity index (χ1n) is 5.82. The van der Waals surface area contributed by atoms with Gasteiger partial charge in [0.05, 0.1) is 5.56 Å². The third-order valence-electron chi connectivity index (χ3n) is 2.77. The third kappa shape index (κ3) is 3.41. The number of amides is 1. The Kier molecular flexibility index (Phi) is 4.32. The van der Waals surface area contributed by atoms with E-state index in [-0.39, 0.29) is 5.91 Å². The molecule has 1 amide bonds. The van der Waals surface area contributed by atoms with Crippen molar-refractivity contribution in [2.75, 3.05) is 7.05 Å². The van der Waals surface area contributed by atoms with Crippen molar-refractivity contribution in [2.45, 2.75) is 6.54 Å². The maximum Gasteiger partial charge on any atom is 0.255 e. The molecule has 0 heterocycles. The van der Waals surface area contributed by atoms with E-state index in [1.807, 2.05) is 30.3 Å². The average Bonchev–Trinajstić information content (AvgIpc) is 2.42. The molecule has 0 unspecified atom stereocenters. The molecule has 0 spiro atoms. The van der Waals surface area contributed by atoms with Crippen molar-refractivity contribution in [3.8, 4) is 0 Å². The Morgan fingerprint density at radius 2 is 1.89 bits per heavy atom. The van der Waals surface area contributed by atoms with Gasteiger partial charge in [-0.15, -0.1) is 0 Å². The quantitative estimate of drug-likeness (QED) is 0.840. The molecule has 0 atom stereocenters. The van der Waals surface area contributed by atoms with Gasteiger partial charge in [0, 0.05) is 18.1 Å². The molecule has 2 nitrogen and oxygen atoms in total. The van der Waals surface area contributed by atoms with Gasteiger partial charge in [0.15, 0.2) is 0 Å². The van der Waals surface area contributed by atoms with Crippen molar-refractivity contribution in [3.05, 3.63) is 69.9 Å². The monoisotopic (exact) mass is 321 g/mol. The number of benzene rings is 2. The molecule has 0 radical (unpaired) electrons. The summed E-state index contributed by atoms with van der Waals surface area (Å²) in [5.74, 6) is -0.630. The summed E-state index contributed by atoms with van der Waals surface area (Å²) in [7, 11) is 1.70. The number of rotatable bonds is 3. The molecule has 0 aliphatic heterocycles. The van der Waals surface area contributed by atoms with Gasteiger partial charge < -0.3 is 4.90 Å². The van der Waals surface area contributed by atoms with Crippen molar-refractivity contribution < 1.29 is 9.18 Å². The first kappa shape index (κ1) is 13.7. The van der Waals surface area contributed by atoms with Gasteiger partial charge in [-0.05, 0) is 39.7 Å². The summed E-state index contributed by atoms with van der Waals surface area (Å²) in [5, 5.41) is 0. The molecule has 0 aromatic heterocycles. The molecule has 0 aliphatic rings. The van der Waals surface area contributed by atoms with Crippen LogP contribution < -0.4 is 0 Å². The Hall–Kier alpha value is -1.68. The molecule has 0 N–H and O–H groups in total. The highest BCUT2D eigenvalue weighted by Crippen LogP contribution is 2.20. The van der Waals surface area contributed by atoms with Gasteiger partial charge in [-0.1, -0.05) is 30.3 Å². The van der Waals surface area contributed by atoms with Crippen LogP contribution in [-0.2, 0) is 6.54 Å². The van der Waals surface area contributed by atoms with Crippen LogP contribution in [0.5, 0.6) is 0 Å². The Morgan fingerprint density at radius 3 is 2.58 bits per heavy atom. The van der Waals surface area contributed by atoms with Crippen molar-refractivity contribution in [1.82, 2.24) is 4.90 Å². The molecular formula is C15H13BrFNO. The first-order chi connectivity index (χ1) is 9.08. The molecule has 0 aliphatic carbocycles. The Balaban J connectivity index is 2.17. The van der Waals surface area contributed by atoms with E-state index in [4.69, 9.17) is 0 Å². The van der Waals surface area contributed by atoms with Crippen LogP contribution in [0.25, 0.3) is 0 Å². The standard InChI is InChI=1S/C15H13BrFNO/c1-18(10-11-5-3-2-4-6-11)15(19)13-9-12(17)7-8-14(13)16/h2-9H,10H2,1H3. The molecule has 0 saturated heterocycles. The van der Waals surface area contributed by atoms with Gasteiger partial charge in [-0.3, -0.25) is 4.79 Å². The zero-order chi connectivity index (χ0) is 13.8. The minimum absolute atomic E-state index is 0.213. The summed E-state index contributed by atoms with van der Waals surface area (Å²) in [6.45, 7) is 0.489. The lowest BCUT2D eigenvalue weighted by atomic mass is 10.1. The highest BCUT2D eigenvalue weighted by atomic mass is 79.9. The van der Waals surface area contributed by atoms with E-state index in [2.05, 4.69) is 15.9 Å². The van der Waals surface area contributed by atoms with Crippen LogP contribution >= 0.6 is 15.9 Å². The summed E-state index contributed by atoms with van der Waals surface area (Å²) >= 11 is 3.27. The fourth-order valence-corrected chi connectivity index (χ4v) is 2.21. The lowest BCUT2D eigenvalue weighted by Gasteiger charge is -2.18. The smallest absolute Gasteiger partial charge is 0.255 e. The van der Waals surface area contributed by atoms with Crippen LogP contribution in [0.2, 0.25) is 0 Å². The minimum atomic E-state index is -0.417. The Labute approximate surface area is 120 Å². The van der Waals surface area contributed by atoms with E-state index in [1.54, 1.807) is 18.0 Å². The van der Waals surface area contributed by atoms with Gasteiger partial charge in [0.1, 0.15) is 5.82 Å². The molecule has 2 aromatic carbocycles. The highest BCUT2D eigenvalue weighted by Gasteiger charge is 2.15. The minimum Gasteiger partial charge on any atom is -0.337 e. The number of carbonyl (C=O) groups excluding carboxylic acids is 1. The lowest BCUT2D eigenvalue weighted by Crippen LogP contribution is -2.26. The molecule has 0 saturated carbocycles. The average molecular weight is 322 g/mol. The fraction of sp³-hybridized carbons (Fsp3) is 0.133. The highest BCUT2D eigenvalue weighted by molar-refractivity contribution is 9.10. The molecular weight excluding hydrogens is 309 g/mol. The predicted molar refractivity (Wildman–Crippen MR) is 76.3 cm³/mol. The summed E-state index contributed by atoms with van der Waals surface area (Å²) in [4.78, 5) is 13.8. The van der Waals surface area contributed by atoms with E-state index in [1.165, 1.54) is 12.1 Å². The molecule has 0 fully saturated rings. The molecule has 98 valence electrons. The predicted octanol–water partition coefficient (Wildman–Crippen LogP) is 3.86. The van der Waals surface area contributed by atoms with Crippen LogP contribution in [0.3, 0.4) is 0 Å². The van der Waals surface area contributed by atoms with E-state index < -0.39 is 5.82 Å². The molecule has 2 aromatic rings. The summed E-state index contributed by atoms with van der Waals surface area (Å²) < 4.78 is 13.8.